The van der Waals surface area contributed by atoms with E-state index in [0.29, 0.717) is 9.35 Å². The van der Waals surface area contributed by atoms with Crippen LogP contribution in [0.25, 0.3) is 0 Å². The first-order valence-corrected chi connectivity index (χ1v) is 7.13. The summed E-state index contributed by atoms with van der Waals surface area (Å²) in [5.74, 6) is -0.428. The molecule has 1 amide bonds. The Morgan fingerprint density at radius 1 is 1.25 bits per heavy atom. The number of amides is 1. The number of halogens is 4. The van der Waals surface area contributed by atoms with Gasteiger partial charge in [0.15, 0.2) is 0 Å². The van der Waals surface area contributed by atoms with Crippen LogP contribution in [-0.4, -0.2) is 5.91 Å². The summed E-state index contributed by atoms with van der Waals surface area (Å²) in [5.41, 5.74) is -0.714. The smallest absolute Gasteiger partial charge is 0.320 e. The number of aryl methyl sites for hydroxylation is 1. The van der Waals surface area contributed by atoms with Crippen molar-refractivity contribution >= 4 is 38.9 Å². The molecule has 1 aromatic carbocycles. The Kier molecular flexibility index (Phi) is 4.19. The lowest BCUT2D eigenvalue weighted by Gasteiger charge is -2.11. The van der Waals surface area contributed by atoms with Crippen LogP contribution < -0.4 is 5.32 Å². The number of rotatable bonds is 2. The van der Waals surface area contributed by atoms with Gasteiger partial charge in [0.1, 0.15) is 0 Å². The molecule has 1 N–H and O–H groups in total. The van der Waals surface area contributed by atoms with Crippen molar-refractivity contribution in [3.05, 3.63) is 50.1 Å². The molecule has 0 fully saturated rings. The molecule has 0 bridgehead atoms. The van der Waals surface area contributed by atoms with Crippen LogP contribution in [0, 0.1) is 6.92 Å². The van der Waals surface area contributed by atoms with Gasteiger partial charge in [-0.25, -0.2) is 0 Å². The van der Waals surface area contributed by atoms with Crippen molar-refractivity contribution in [3.63, 3.8) is 0 Å². The zero-order chi connectivity index (χ0) is 14.9. The van der Waals surface area contributed by atoms with Gasteiger partial charge in [-0.3, -0.25) is 4.79 Å². The Morgan fingerprint density at radius 3 is 2.50 bits per heavy atom. The molecule has 7 heteroatoms. The van der Waals surface area contributed by atoms with Crippen molar-refractivity contribution in [2.24, 2.45) is 0 Å². The number of carbonyl (C=O) groups excluding carboxylic acids is 1. The second kappa shape index (κ2) is 5.57. The molecule has 20 heavy (non-hydrogen) atoms. The van der Waals surface area contributed by atoms with Gasteiger partial charge < -0.3 is 5.32 Å². The summed E-state index contributed by atoms with van der Waals surface area (Å²) in [4.78, 5) is 13.3. The third-order valence-corrected chi connectivity index (χ3v) is 4.20. The lowest BCUT2D eigenvalue weighted by molar-refractivity contribution is -0.137. The van der Waals surface area contributed by atoms with Crippen molar-refractivity contribution in [1.29, 1.82) is 0 Å². The molecule has 0 saturated carbocycles. The van der Waals surface area contributed by atoms with Gasteiger partial charge in [-0.05, 0) is 53.2 Å². The van der Waals surface area contributed by atoms with E-state index in [9.17, 15) is 18.0 Å². The summed E-state index contributed by atoms with van der Waals surface area (Å²) >= 11 is 4.41. The summed E-state index contributed by atoms with van der Waals surface area (Å²) in [6.45, 7) is 1.85. The number of alkyl halides is 3. The van der Waals surface area contributed by atoms with E-state index in [1.807, 2.05) is 6.92 Å². The monoisotopic (exact) mass is 363 g/mol. The molecule has 2 nitrogen and oxygen atoms in total. The van der Waals surface area contributed by atoms with E-state index in [-0.39, 0.29) is 5.69 Å². The second-order valence-corrected chi connectivity index (χ2v) is 6.20. The molecule has 0 aliphatic rings. The summed E-state index contributed by atoms with van der Waals surface area (Å²) in [5, 5.41) is 2.48. The molecule has 0 aliphatic carbocycles. The average molecular weight is 364 g/mol. The van der Waals surface area contributed by atoms with Crippen LogP contribution in [0.3, 0.4) is 0 Å². The fourth-order valence-electron chi connectivity index (χ4n) is 1.54. The van der Waals surface area contributed by atoms with Crippen molar-refractivity contribution in [2.75, 3.05) is 5.32 Å². The van der Waals surface area contributed by atoms with E-state index in [1.54, 1.807) is 12.1 Å². The second-order valence-electron chi connectivity index (χ2n) is 4.06. The minimum Gasteiger partial charge on any atom is -0.320 e. The van der Waals surface area contributed by atoms with Gasteiger partial charge >= 0.3 is 6.18 Å². The zero-order valence-electron chi connectivity index (χ0n) is 10.2. The highest BCUT2D eigenvalue weighted by Crippen LogP contribution is 2.34. The minimum atomic E-state index is -4.44. The largest absolute Gasteiger partial charge is 0.416 e. The molecule has 1 aromatic heterocycles. The Morgan fingerprint density at radius 2 is 1.95 bits per heavy atom. The number of benzene rings is 1. The van der Waals surface area contributed by atoms with Crippen LogP contribution in [0.5, 0.6) is 0 Å². The molecule has 0 radical (unpaired) electrons. The van der Waals surface area contributed by atoms with Crippen molar-refractivity contribution < 1.29 is 18.0 Å². The number of carbonyl (C=O) groups is 1. The first-order valence-electron chi connectivity index (χ1n) is 5.52. The van der Waals surface area contributed by atoms with Crippen LogP contribution in [0.15, 0.2) is 34.8 Å². The zero-order valence-corrected chi connectivity index (χ0v) is 12.6. The van der Waals surface area contributed by atoms with E-state index in [0.717, 1.165) is 17.0 Å². The predicted molar refractivity (Wildman–Crippen MR) is 76.2 cm³/mol. The van der Waals surface area contributed by atoms with E-state index in [2.05, 4.69) is 21.2 Å². The molecular weight excluding hydrogens is 355 g/mol. The standard InChI is InChI=1S/C13H9BrF3NOS/c1-7-2-5-11(20-7)12(19)18-10-6-8(13(15,16)17)3-4-9(10)14/h2-6H,1H3,(H,18,19). The van der Waals surface area contributed by atoms with E-state index >= 15 is 0 Å². The van der Waals surface area contributed by atoms with Crippen LogP contribution in [0.4, 0.5) is 18.9 Å². The topological polar surface area (TPSA) is 29.1 Å². The summed E-state index contributed by atoms with van der Waals surface area (Å²) in [6.07, 6.45) is -4.44. The highest BCUT2D eigenvalue weighted by molar-refractivity contribution is 9.10. The summed E-state index contributed by atoms with van der Waals surface area (Å²) in [7, 11) is 0. The van der Waals surface area contributed by atoms with Gasteiger partial charge in [0.2, 0.25) is 0 Å². The van der Waals surface area contributed by atoms with E-state index in [4.69, 9.17) is 0 Å². The summed E-state index contributed by atoms with van der Waals surface area (Å²) < 4.78 is 38.3. The highest BCUT2D eigenvalue weighted by atomic mass is 79.9. The van der Waals surface area contributed by atoms with Gasteiger partial charge in [-0.1, -0.05) is 0 Å². The maximum Gasteiger partial charge on any atom is 0.416 e. The predicted octanol–water partition coefficient (Wildman–Crippen LogP) is 5.09. The van der Waals surface area contributed by atoms with E-state index < -0.39 is 17.6 Å². The molecule has 1 heterocycles. The summed E-state index contributed by atoms with van der Waals surface area (Å²) in [6, 6.07) is 6.53. The lowest BCUT2D eigenvalue weighted by Crippen LogP contribution is -2.12. The van der Waals surface area contributed by atoms with E-state index in [1.165, 1.54) is 17.4 Å². The fraction of sp³-hybridized carbons (Fsp3) is 0.154. The number of hydrogen-bond acceptors (Lipinski definition) is 2. The quantitative estimate of drug-likeness (QED) is 0.790. The molecule has 106 valence electrons. The highest BCUT2D eigenvalue weighted by Gasteiger charge is 2.31. The van der Waals surface area contributed by atoms with Crippen LogP contribution in [-0.2, 0) is 6.18 Å². The molecule has 0 atom stereocenters. The Balaban J connectivity index is 2.27. The number of hydrogen-bond donors (Lipinski definition) is 1. The first kappa shape index (κ1) is 15.1. The maximum atomic E-state index is 12.6. The van der Waals surface area contributed by atoms with Gasteiger partial charge in [0.05, 0.1) is 16.1 Å². The van der Waals surface area contributed by atoms with Gasteiger partial charge in [0.25, 0.3) is 5.91 Å². The maximum absolute atomic E-state index is 12.6. The van der Waals surface area contributed by atoms with Crippen LogP contribution in [0.1, 0.15) is 20.1 Å². The Labute approximate surface area is 125 Å². The molecular formula is C13H9BrF3NOS. The number of thiophene rings is 1. The SMILES string of the molecule is Cc1ccc(C(=O)Nc2cc(C(F)(F)F)ccc2Br)s1. The molecule has 0 aliphatic heterocycles. The van der Waals surface area contributed by atoms with Crippen molar-refractivity contribution in [2.45, 2.75) is 13.1 Å². The minimum absolute atomic E-state index is 0.0934. The molecule has 0 unspecified atom stereocenters. The van der Waals surface area contributed by atoms with Crippen LogP contribution >= 0.6 is 27.3 Å². The first-order chi connectivity index (χ1) is 9.27. The normalized spacial score (nSPS) is 11.4. The molecule has 0 spiro atoms. The lowest BCUT2D eigenvalue weighted by atomic mass is 10.2. The molecule has 2 rings (SSSR count). The average Bonchev–Trinajstić information content (AvgIpc) is 2.77. The number of anilines is 1. The molecule has 2 aromatic rings. The molecule has 0 saturated heterocycles. The third kappa shape index (κ3) is 3.40. The van der Waals surface area contributed by atoms with Gasteiger partial charge in [-0.2, -0.15) is 13.2 Å². The van der Waals surface area contributed by atoms with Gasteiger partial charge in [-0.15, -0.1) is 11.3 Å². The van der Waals surface area contributed by atoms with Crippen molar-refractivity contribution in [1.82, 2.24) is 0 Å². The fourth-order valence-corrected chi connectivity index (χ4v) is 2.65. The van der Waals surface area contributed by atoms with Crippen LogP contribution in [0.2, 0.25) is 0 Å². The van der Waals surface area contributed by atoms with Crippen molar-refractivity contribution in [3.8, 4) is 0 Å². The number of nitrogens with one attached hydrogen (secondary N) is 1. The third-order valence-electron chi connectivity index (χ3n) is 2.51. The Hall–Kier alpha value is -1.34. The van der Waals surface area contributed by atoms with Gasteiger partial charge in [0, 0.05) is 9.35 Å². The Bertz CT molecular complexity index is 651.